The molecule has 130 valence electrons. The monoisotopic (exact) mass is 352 g/mol. The normalized spacial score (nSPS) is 11.1. The fourth-order valence-electron chi connectivity index (χ4n) is 3.18. The molecule has 0 saturated heterocycles. The minimum Gasteiger partial charge on any atom is -0.450 e. The van der Waals surface area contributed by atoms with Crippen LogP contribution in [-0.2, 0) is 6.54 Å². The van der Waals surface area contributed by atoms with Crippen molar-refractivity contribution in [3.8, 4) is 11.1 Å². The molecule has 0 saturated carbocycles. The number of nitrogens with zero attached hydrogens (tertiary/aromatic N) is 3. The third kappa shape index (κ3) is 2.89. The fourth-order valence-corrected chi connectivity index (χ4v) is 3.18. The summed E-state index contributed by atoms with van der Waals surface area (Å²) in [6.07, 6.45) is 5.22. The van der Waals surface area contributed by atoms with Gasteiger partial charge in [0.1, 0.15) is 17.4 Å². The van der Waals surface area contributed by atoms with Crippen LogP contribution in [0.1, 0.15) is 5.56 Å². The summed E-state index contributed by atoms with van der Waals surface area (Å²) in [6.45, 7) is 0.649. The van der Waals surface area contributed by atoms with E-state index in [1.807, 2.05) is 36.5 Å². The van der Waals surface area contributed by atoms with E-state index in [4.69, 9.17) is 4.42 Å². The molecule has 2 aromatic carbocycles. The summed E-state index contributed by atoms with van der Waals surface area (Å²) in [5.74, 6) is 0.701. The Morgan fingerprint density at radius 1 is 0.852 bits per heavy atom. The van der Waals surface area contributed by atoms with Crippen molar-refractivity contribution in [2.24, 2.45) is 0 Å². The van der Waals surface area contributed by atoms with Gasteiger partial charge in [-0.3, -0.25) is 4.98 Å². The largest absolute Gasteiger partial charge is 0.450 e. The minimum atomic E-state index is 0.649. The summed E-state index contributed by atoms with van der Waals surface area (Å²) in [4.78, 5) is 12.9. The second kappa shape index (κ2) is 6.53. The standard InChI is InChI=1S/C22H16N4O/c1-2-6-19-18(5-1)20-21(27-19)22(26-14-25-20)24-12-15-7-9-16(10-8-15)17-4-3-11-23-13-17/h1-11,13-14H,12H2,(H,24,25,26). The number of fused-ring (bicyclic) bond motifs is 3. The molecule has 0 radical (unpaired) electrons. The zero-order valence-corrected chi connectivity index (χ0v) is 14.5. The first kappa shape index (κ1) is 15.5. The van der Waals surface area contributed by atoms with E-state index in [0.717, 1.165) is 33.2 Å². The number of furan rings is 1. The van der Waals surface area contributed by atoms with Crippen molar-refractivity contribution in [1.29, 1.82) is 0 Å². The number of anilines is 1. The lowest BCUT2D eigenvalue weighted by molar-refractivity contribution is 0.666. The van der Waals surface area contributed by atoms with Gasteiger partial charge in [-0.2, -0.15) is 0 Å². The molecule has 0 atom stereocenters. The number of para-hydroxylation sites is 1. The van der Waals surface area contributed by atoms with E-state index >= 15 is 0 Å². The highest BCUT2D eigenvalue weighted by atomic mass is 16.3. The van der Waals surface area contributed by atoms with Gasteiger partial charge in [0, 0.05) is 24.3 Å². The van der Waals surface area contributed by atoms with E-state index in [-0.39, 0.29) is 0 Å². The highest BCUT2D eigenvalue weighted by Gasteiger charge is 2.12. The number of hydrogen-bond acceptors (Lipinski definition) is 5. The Balaban J connectivity index is 1.40. The molecule has 3 heterocycles. The molecular weight excluding hydrogens is 336 g/mol. The fraction of sp³-hybridized carbons (Fsp3) is 0.0455. The average molecular weight is 352 g/mol. The van der Waals surface area contributed by atoms with Crippen LogP contribution in [0.2, 0.25) is 0 Å². The average Bonchev–Trinajstić information content (AvgIpc) is 3.13. The second-order valence-electron chi connectivity index (χ2n) is 6.29. The number of aromatic nitrogens is 3. The molecule has 1 N–H and O–H groups in total. The Hall–Kier alpha value is -3.73. The molecule has 3 aromatic heterocycles. The summed E-state index contributed by atoms with van der Waals surface area (Å²) in [5, 5.41) is 4.37. The summed E-state index contributed by atoms with van der Waals surface area (Å²) in [7, 11) is 0. The predicted molar refractivity (Wildman–Crippen MR) is 106 cm³/mol. The first-order valence-corrected chi connectivity index (χ1v) is 8.74. The van der Waals surface area contributed by atoms with Crippen molar-refractivity contribution in [2.75, 3.05) is 5.32 Å². The molecule has 0 aliphatic rings. The first-order chi connectivity index (χ1) is 13.4. The molecule has 0 spiro atoms. The highest BCUT2D eigenvalue weighted by Crippen LogP contribution is 2.30. The Bertz CT molecular complexity index is 1210. The number of hydrogen-bond donors (Lipinski definition) is 1. The van der Waals surface area contributed by atoms with E-state index in [0.29, 0.717) is 17.9 Å². The van der Waals surface area contributed by atoms with Crippen LogP contribution < -0.4 is 5.32 Å². The van der Waals surface area contributed by atoms with Crippen molar-refractivity contribution in [3.05, 3.63) is 84.9 Å². The van der Waals surface area contributed by atoms with E-state index in [2.05, 4.69) is 50.6 Å². The number of nitrogens with one attached hydrogen (secondary N) is 1. The Kier molecular flexibility index (Phi) is 3.76. The molecule has 0 aliphatic heterocycles. The number of pyridine rings is 1. The Morgan fingerprint density at radius 2 is 1.74 bits per heavy atom. The van der Waals surface area contributed by atoms with Crippen LogP contribution in [0.25, 0.3) is 33.2 Å². The zero-order chi connectivity index (χ0) is 18.1. The van der Waals surface area contributed by atoms with Gasteiger partial charge in [-0.05, 0) is 34.9 Å². The molecule has 27 heavy (non-hydrogen) atoms. The van der Waals surface area contributed by atoms with Crippen molar-refractivity contribution < 1.29 is 4.42 Å². The van der Waals surface area contributed by atoms with Gasteiger partial charge in [0.2, 0.25) is 0 Å². The summed E-state index contributed by atoms with van der Waals surface area (Å²) in [5.41, 5.74) is 5.74. The third-order valence-corrected chi connectivity index (χ3v) is 4.57. The smallest absolute Gasteiger partial charge is 0.196 e. The molecular formula is C22H16N4O. The lowest BCUT2D eigenvalue weighted by atomic mass is 10.1. The van der Waals surface area contributed by atoms with Crippen molar-refractivity contribution >= 4 is 27.9 Å². The van der Waals surface area contributed by atoms with Gasteiger partial charge in [-0.25, -0.2) is 9.97 Å². The summed E-state index contributed by atoms with van der Waals surface area (Å²) < 4.78 is 5.95. The molecule has 0 unspecified atom stereocenters. The molecule has 5 nitrogen and oxygen atoms in total. The topological polar surface area (TPSA) is 63.8 Å². The maximum absolute atomic E-state index is 5.95. The van der Waals surface area contributed by atoms with Crippen LogP contribution in [0.5, 0.6) is 0 Å². The second-order valence-corrected chi connectivity index (χ2v) is 6.29. The predicted octanol–water partition coefficient (Wildman–Crippen LogP) is 5.05. The van der Waals surface area contributed by atoms with E-state index in [1.54, 1.807) is 12.5 Å². The third-order valence-electron chi connectivity index (χ3n) is 4.57. The first-order valence-electron chi connectivity index (χ1n) is 8.74. The quantitative estimate of drug-likeness (QED) is 0.490. The molecule has 0 bridgehead atoms. The van der Waals surface area contributed by atoms with E-state index in [9.17, 15) is 0 Å². The Morgan fingerprint density at radius 3 is 2.59 bits per heavy atom. The van der Waals surface area contributed by atoms with Crippen LogP contribution in [0.3, 0.4) is 0 Å². The molecule has 0 amide bonds. The molecule has 5 heteroatoms. The van der Waals surface area contributed by atoms with Crippen LogP contribution in [0.4, 0.5) is 5.82 Å². The zero-order valence-electron chi connectivity index (χ0n) is 14.5. The Labute approximate surface area is 155 Å². The van der Waals surface area contributed by atoms with Gasteiger partial charge in [-0.15, -0.1) is 0 Å². The molecule has 0 aliphatic carbocycles. The lowest BCUT2D eigenvalue weighted by Crippen LogP contribution is -2.02. The van der Waals surface area contributed by atoms with Crippen molar-refractivity contribution in [3.63, 3.8) is 0 Å². The van der Waals surface area contributed by atoms with Crippen LogP contribution >= 0.6 is 0 Å². The SMILES string of the molecule is c1cncc(-c2ccc(CNc3ncnc4c3oc3ccccc34)cc2)c1. The van der Waals surface area contributed by atoms with Crippen LogP contribution in [0.15, 0.2) is 83.8 Å². The maximum atomic E-state index is 5.95. The number of benzene rings is 2. The van der Waals surface area contributed by atoms with Crippen LogP contribution in [-0.4, -0.2) is 15.0 Å². The summed E-state index contributed by atoms with van der Waals surface area (Å²) in [6, 6.07) is 20.3. The van der Waals surface area contributed by atoms with Gasteiger partial charge in [0.15, 0.2) is 11.4 Å². The van der Waals surface area contributed by atoms with Gasteiger partial charge < -0.3 is 9.73 Å². The minimum absolute atomic E-state index is 0.649. The lowest BCUT2D eigenvalue weighted by Gasteiger charge is -2.07. The van der Waals surface area contributed by atoms with Crippen molar-refractivity contribution in [1.82, 2.24) is 15.0 Å². The maximum Gasteiger partial charge on any atom is 0.196 e. The van der Waals surface area contributed by atoms with Gasteiger partial charge in [-0.1, -0.05) is 42.5 Å². The van der Waals surface area contributed by atoms with Gasteiger partial charge in [0.05, 0.1) is 0 Å². The highest BCUT2D eigenvalue weighted by molar-refractivity contribution is 6.05. The number of rotatable bonds is 4. The van der Waals surface area contributed by atoms with Gasteiger partial charge >= 0.3 is 0 Å². The van der Waals surface area contributed by atoms with Gasteiger partial charge in [0.25, 0.3) is 0 Å². The molecule has 5 rings (SSSR count). The van der Waals surface area contributed by atoms with Crippen molar-refractivity contribution in [2.45, 2.75) is 6.54 Å². The van der Waals surface area contributed by atoms with Crippen LogP contribution in [0, 0.1) is 0 Å². The molecule has 5 aromatic rings. The van der Waals surface area contributed by atoms with E-state index in [1.165, 1.54) is 0 Å². The summed E-state index contributed by atoms with van der Waals surface area (Å²) >= 11 is 0. The van der Waals surface area contributed by atoms with E-state index < -0.39 is 0 Å². The molecule has 0 fully saturated rings.